The van der Waals surface area contributed by atoms with Crippen LogP contribution in [0.4, 0.5) is 5.69 Å². The third-order valence-electron chi connectivity index (χ3n) is 4.56. The van der Waals surface area contributed by atoms with E-state index in [1.165, 1.54) is 44.5 Å². The van der Waals surface area contributed by atoms with Crippen LogP contribution >= 0.6 is 0 Å². The first-order valence-corrected chi connectivity index (χ1v) is 8.09. The van der Waals surface area contributed by atoms with Crippen LogP contribution in [0.1, 0.15) is 32.6 Å². The number of rotatable bonds is 3. The van der Waals surface area contributed by atoms with Crippen molar-refractivity contribution in [1.82, 2.24) is 4.90 Å². The van der Waals surface area contributed by atoms with Crippen LogP contribution in [0.2, 0.25) is 0 Å². The lowest BCUT2D eigenvalue weighted by Gasteiger charge is -2.36. The minimum absolute atomic E-state index is 0.737. The molecular weight excluding hydrogens is 248 g/mol. The van der Waals surface area contributed by atoms with Crippen LogP contribution in [0.15, 0.2) is 24.3 Å². The molecule has 2 heterocycles. The van der Waals surface area contributed by atoms with E-state index in [1.807, 2.05) is 0 Å². The molecule has 3 heteroatoms. The molecule has 0 aliphatic carbocycles. The normalized spacial score (nSPS) is 24.1. The summed E-state index contributed by atoms with van der Waals surface area (Å²) in [6.07, 6.45) is 5.39. The zero-order valence-electron chi connectivity index (χ0n) is 12.6. The molecule has 1 aromatic rings. The zero-order valence-corrected chi connectivity index (χ0v) is 12.6. The topological polar surface area (TPSA) is 15.7 Å². The molecule has 0 radical (unpaired) electrons. The molecule has 1 aromatic carbocycles. The Labute approximate surface area is 122 Å². The molecule has 2 aliphatic heterocycles. The van der Waals surface area contributed by atoms with Crippen molar-refractivity contribution in [2.45, 2.75) is 38.6 Å². The van der Waals surface area contributed by atoms with Gasteiger partial charge < -0.3 is 9.64 Å². The maximum atomic E-state index is 5.81. The third kappa shape index (κ3) is 2.93. The van der Waals surface area contributed by atoms with E-state index in [-0.39, 0.29) is 0 Å². The molecule has 2 aliphatic rings. The van der Waals surface area contributed by atoms with Gasteiger partial charge in [0.25, 0.3) is 0 Å². The summed E-state index contributed by atoms with van der Waals surface area (Å²) in [7, 11) is 0. The van der Waals surface area contributed by atoms with Crippen molar-refractivity contribution in [2.75, 3.05) is 37.7 Å². The predicted molar refractivity (Wildman–Crippen MR) is 83.7 cm³/mol. The van der Waals surface area contributed by atoms with Crippen molar-refractivity contribution in [2.24, 2.45) is 0 Å². The average Bonchev–Trinajstić information content (AvgIpc) is 2.70. The van der Waals surface area contributed by atoms with Gasteiger partial charge in [-0.1, -0.05) is 18.6 Å². The molecule has 0 amide bonds. The van der Waals surface area contributed by atoms with Crippen molar-refractivity contribution in [3.05, 3.63) is 24.3 Å². The van der Waals surface area contributed by atoms with E-state index in [0.29, 0.717) is 0 Å². The number of piperidine rings is 1. The molecular formula is C17H26N2O. The fraction of sp³-hybridized carbons (Fsp3) is 0.647. The minimum Gasteiger partial charge on any atom is -0.492 e. The Morgan fingerprint density at radius 2 is 1.95 bits per heavy atom. The number of anilines is 1. The molecule has 0 aromatic heterocycles. The molecule has 0 spiro atoms. The molecule has 3 rings (SSSR count). The highest BCUT2D eigenvalue weighted by atomic mass is 16.5. The lowest BCUT2D eigenvalue weighted by Crippen LogP contribution is -2.44. The van der Waals surface area contributed by atoms with Gasteiger partial charge in [0.1, 0.15) is 5.75 Å². The second kappa shape index (κ2) is 6.49. The number of hydrogen-bond donors (Lipinski definition) is 0. The fourth-order valence-corrected chi connectivity index (χ4v) is 3.59. The van der Waals surface area contributed by atoms with Gasteiger partial charge in [-0.25, -0.2) is 0 Å². The number of para-hydroxylation sites is 2. The van der Waals surface area contributed by atoms with Crippen LogP contribution in [0, 0.1) is 0 Å². The summed E-state index contributed by atoms with van der Waals surface area (Å²) in [5.74, 6) is 1.04. The van der Waals surface area contributed by atoms with Gasteiger partial charge in [0.15, 0.2) is 0 Å². The van der Waals surface area contributed by atoms with Crippen LogP contribution in [0.3, 0.4) is 0 Å². The molecule has 2 fully saturated rings. The summed E-state index contributed by atoms with van der Waals surface area (Å²) in [5.41, 5.74) is 1.28. The summed E-state index contributed by atoms with van der Waals surface area (Å²) in [6, 6.07) is 9.24. The van der Waals surface area contributed by atoms with Gasteiger partial charge in [0.2, 0.25) is 0 Å². The first-order chi connectivity index (χ1) is 9.88. The molecule has 0 saturated carbocycles. The predicted octanol–water partition coefficient (Wildman–Crippen LogP) is 3.15. The molecule has 20 heavy (non-hydrogen) atoms. The zero-order chi connectivity index (χ0) is 13.8. The smallest absolute Gasteiger partial charge is 0.142 e. The molecule has 2 saturated heterocycles. The van der Waals surface area contributed by atoms with E-state index in [9.17, 15) is 0 Å². The van der Waals surface area contributed by atoms with Crippen LogP contribution in [-0.4, -0.2) is 43.7 Å². The Balaban J connectivity index is 1.79. The highest BCUT2D eigenvalue weighted by Crippen LogP contribution is 2.31. The Kier molecular flexibility index (Phi) is 4.46. The van der Waals surface area contributed by atoms with E-state index in [2.05, 4.69) is 41.0 Å². The monoisotopic (exact) mass is 274 g/mol. The van der Waals surface area contributed by atoms with Crippen LogP contribution < -0.4 is 9.64 Å². The van der Waals surface area contributed by atoms with Crippen LogP contribution in [0.25, 0.3) is 0 Å². The number of fused-ring (bicyclic) bond motifs is 1. The molecule has 0 N–H and O–H groups in total. The summed E-state index contributed by atoms with van der Waals surface area (Å²) < 4.78 is 5.81. The first-order valence-electron chi connectivity index (χ1n) is 8.09. The van der Waals surface area contributed by atoms with Crippen molar-refractivity contribution in [3.8, 4) is 5.75 Å². The maximum absolute atomic E-state index is 5.81. The Hall–Kier alpha value is -1.22. The van der Waals surface area contributed by atoms with Gasteiger partial charge in [-0.15, -0.1) is 0 Å². The quantitative estimate of drug-likeness (QED) is 0.842. The standard InChI is InChI=1S/C17H26N2O/c1-2-20-17-10-4-3-9-16(17)19-13-7-12-18-11-6-5-8-15(18)14-19/h3-4,9-10,15H,2,5-8,11-14H2,1H3. The Bertz CT molecular complexity index is 435. The van der Waals surface area contributed by atoms with Crippen molar-refractivity contribution < 1.29 is 4.74 Å². The van der Waals surface area contributed by atoms with Gasteiger partial charge in [-0.05, 0) is 44.9 Å². The lowest BCUT2D eigenvalue weighted by molar-refractivity contribution is 0.162. The Morgan fingerprint density at radius 1 is 1.10 bits per heavy atom. The van der Waals surface area contributed by atoms with Gasteiger partial charge in [0.05, 0.1) is 12.3 Å². The third-order valence-corrected chi connectivity index (χ3v) is 4.56. The Morgan fingerprint density at radius 3 is 2.85 bits per heavy atom. The number of nitrogens with zero attached hydrogens (tertiary/aromatic N) is 2. The summed E-state index contributed by atoms with van der Waals surface area (Å²) in [5, 5.41) is 0. The van der Waals surface area contributed by atoms with Crippen LogP contribution in [-0.2, 0) is 0 Å². The van der Waals surface area contributed by atoms with E-state index in [0.717, 1.165) is 31.5 Å². The minimum atomic E-state index is 0.737. The molecule has 1 atom stereocenters. The first kappa shape index (κ1) is 13.7. The van der Waals surface area contributed by atoms with Gasteiger partial charge in [0, 0.05) is 25.7 Å². The second-order valence-electron chi connectivity index (χ2n) is 5.89. The highest BCUT2D eigenvalue weighted by Gasteiger charge is 2.27. The second-order valence-corrected chi connectivity index (χ2v) is 5.89. The van der Waals surface area contributed by atoms with Gasteiger partial charge in [-0.2, -0.15) is 0 Å². The lowest BCUT2D eigenvalue weighted by atomic mass is 10.0. The molecule has 1 unspecified atom stereocenters. The largest absolute Gasteiger partial charge is 0.492 e. The number of benzene rings is 1. The summed E-state index contributed by atoms with van der Waals surface area (Å²) in [6.45, 7) is 7.66. The van der Waals surface area contributed by atoms with Crippen LogP contribution in [0.5, 0.6) is 5.75 Å². The molecule has 110 valence electrons. The SMILES string of the molecule is CCOc1ccccc1N1CCCN2CCCCC2C1. The van der Waals surface area contributed by atoms with E-state index >= 15 is 0 Å². The highest BCUT2D eigenvalue weighted by molar-refractivity contribution is 5.58. The number of hydrogen-bond acceptors (Lipinski definition) is 3. The van der Waals surface area contributed by atoms with Gasteiger partial charge >= 0.3 is 0 Å². The van der Waals surface area contributed by atoms with E-state index in [4.69, 9.17) is 4.74 Å². The number of ether oxygens (including phenoxy) is 1. The maximum Gasteiger partial charge on any atom is 0.142 e. The molecule has 3 nitrogen and oxygen atoms in total. The van der Waals surface area contributed by atoms with E-state index < -0.39 is 0 Å². The summed E-state index contributed by atoms with van der Waals surface area (Å²) >= 11 is 0. The average molecular weight is 274 g/mol. The van der Waals surface area contributed by atoms with Crippen molar-refractivity contribution in [3.63, 3.8) is 0 Å². The van der Waals surface area contributed by atoms with Crippen molar-refractivity contribution >= 4 is 5.69 Å². The summed E-state index contributed by atoms with van der Waals surface area (Å²) in [4.78, 5) is 5.24. The fourth-order valence-electron chi connectivity index (χ4n) is 3.59. The molecule has 0 bridgehead atoms. The van der Waals surface area contributed by atoms with Crippen molar-refractivity contribution in [1.29, 1.82) is 0 Å². The van der Waals surface area contributed by atoms with E-state index in [1.54, 1.807) is 0 Å². The van der Waals surface area contributed by atoms with Gasteiger partial charge in [-0.3, -0.25) is 4.90 Å².